The van der Waals surface area contributed by atoms with Crippen LogP contribution in [0.3, 0.4) is 0 Å². The fraction of sp³-hybridized carbons (Fsp3) is 0.269. The Bertz CT molecular complexity index is 1410. The number of rotatable bonds is 2. The van der Waals surface area contributed by atoms with Crippen LogP contribution in [0.2, 0.25) is 0 Å². The first kappa shape index (κ1) is 18.7. The molecule has 7 nitrogen and oxygen atoms in total. The Morgan fingerprint density at radius 1 is 1.03 bits per heavy atom. The summed E-state index contributed by atoms with van der Waals surface area (Å²) in [6.45, 7) is 3.00. The van der Waals surface area contributed by atoms with Gasteiger partial charge in [0.25, 0.3) is 0 Å². The van der Waals surface area contributed by atoms with E-state index in [-0.39, 0.29) is 0 Å². The van der Waals surface area contributed by atoms with Gasteiger partial charge in [-0.2, -0.15) is 5.26 Å². The topological polar surface area (TPSA) is 74.7 Å². The van der Waals surface area contributed by atoms with Crippen molar-refractivity contribution in [1.29, 1.82) is 5.26 Å². The molecule has 0 amide bonds. The van der Waals surface area contributed by atoms with Gasteiger partial charge in [0.2, 0.25) is 0 Å². The maximum Gasteiger partial charge on any atom is 0.185 e. The van der Waals surface area contributed by atoms with E-state index in [2.05, 4.69) is 66.1 Å². The van der Waals surface area contributed by atoms with Crippen molar-refractivity contribution in [2.24, 2.45) is 0 Å². The van der Waals surface area contributed by atoms with Crippen LogP contribution in [0.4, 0.5) is 5.69 Å². The van der Waals surface area contributed by atoms with Crippen LogP contribution < -0.4 is 10.2 Å². The van der Waals surface area contributed by atoms with Crippen LogP contribution in [0.1, 0.15) is 24.0 Å². The fourth-order valence-corrected chi connectivity index (χ4v) is 5.79. The van der Waals surface area contributed by atoms with E-state index in [1.807, 2.05) is 30.6 Å². The number of nitriles is 1. The van der Waals surface area contributed by atoms with Gasteiger partial charge in [-0.05, 0) is 66.9 Å². The van der Waals surface area contributed by atoms with Crippen molar-refractivity contribution < 1.29 is 0 Å². The van der Waals surface area contributed by atoms with Gasteiger partial charge in [-0.1, -0.05) is 12.1 Å². The maximum absolute atomic E-state index is 9.11. The van der Waals surface area contributed by atoms with E-state index in [4.69, 9.17) is 5.26 Å². The van der Waals surface area contributed by atoms with Gasteiger partial charge in [-0.15, -0.1) is 10.2 Å². The molecule has 0 spiro atoms. The van der Waals surface area contributed by atoms with Crippen molar-refractivity contribution in [2.75, 3.05) is 18.0 Å². The number of anilines is 1. The molecule has 3 aliphatic heterocycles. The van der Waals surface area contributed by atoms with E-state index in [1.165, 1.54) is 24.1 Å². The minimum atomic E-state index is 0.601. The molecule has 7 rings (SSSR count). The minimum Gasteiger partial charge on any atom is -0.367 e. The lowest BCUT2D eigenvalue weighted by atomic mass is 10.1. The lowest BCUT2D eigenvalue weighted by Gasteiger charge is -2.26. The average Bonchev–Trinajstić information content (AvgIpc) is 3.62. The molecule has 2 atom stereocenters. The van der Waals surface area contributed by atoms with E-state index < -0.39 is 0 Å². The summed E-state index contributed by atoms with van der Waals surface area (Å²) in [6.07, 6.45) is 6.43. The molecule has 0 saturated carbocycles. The van der Waals surface area contributed by atoms with Crippen LogP contribution >= 0.6 is 0 Å². The number of benzene rings is 2. The second kappa shape index (κ2) is 7.06. The highest BCUT2D eigenvalue weighted by Gasteiger charge is 2.37. The highest BCUT2D eigenvalue weighted by molar-refractivity contribution is 5.72. The molecule has 33 heavy (non-hydrogen) atoms. The molecule has 0 aliphatic carbocycles. The zero-order valence-corrected chi connectivity index (χ0v) is 18.1. The summed E-state index contributed by atoms with van der Waals surface area (Å²) in [5.74, 6) is 0.850. The number of nitrogens with zero attached hydrogens (tertiary/aromatic N) is 6. The first-order chi connectivity index (χ1) is 16.3. The van der Waals surface area contributed by atoms with Gasteiger partial charge in [0.15, 0.2) is 5.82 Å². The molecule has 0 radical (unpaired) electrons. The van der Waals surface area contributed by atoms with E-state index in [0.29, 0.717) is 17.6 Å². The Morgan fingerprint density at radius 3 is 2.82 bits per heavy atom. The molecule has 2 aromatic carbocycles. The molecule has 2 saturated heterocycles. The van der Waals surface area contributed by atoms with Gasteiger partial charge >= 0.3 is 0 Å². The monoisotopic (exact) mass is 433 g/mol. The first-order valence-electron chi connectivity index (χ1n) is 11.5. The Hall–Kier alpha value is -3.89. The van der Waals surface area contributed by atoms with Crippen molar-refractivity contribution in [2.45, 2.75) is 31.5 Å². The van der Waals surface area contributed by atoms with Crippen LogP contribution in [0.25, 0.3) is 28.3 Å². The van der Waals surface area contributed by atoms with Crippen molar-refractivity contribution >= 4 is 5.69 Å². The fourth-order valence-electron chi connectivity index (χ4n) is 5.79. The molecule has 4 aromatic rings. The van der Waals surface area contributed by atoms with E-state index in [1.54, 1.807) is 0 Å². The second-order valence-corrected chi connectivity index (χ2v) is 9.17. The summed E-state index contributed by atoms with van der Waals surface area (Å²) in [4.78, 5) is 2.58. The molecule has 2 fully saturated rings. The highest BCUT2D eigenvalue weighted by atomic mass is 15.3. The van der Waals surface area contributed by atoms with Crippen LogP contribution in [0.5, 0.6) is 0 Å². The van der Waals surface area contributed by atoms with Gasteiger partial charge < -0.3 is 14.8 Å². The number of fused-ring (bicyclic) bond motifs is 6. The third-order valence-corrected chi connectivity index (χ3v) is 7.41. The van der Waals surface area contributed by atoms with Gasteiger partial charge in [-0.3, -0.25) is 4.57 Å². The van der Waals surface area contributed by atoms with E-state index in [0.717, 1.165) is 48.0 Å². The normalized spacial score (nSPS) is 20.5. The van der Waals surface area contributed by atoms with Gasteiger partial charge in [0.05, 0.1) is 23.0 Å². The van der Waals surface area contributed by atoms with E-state index >= 15 is 0 Å². The molecule has 5 heterocycles. The molecular formula is C26H23N7. The smallest absolute Gasteiger partial charge is 0.185 e. The molecule has 162 valence electrons. The molecule has 7 heteroatoms. The average molecular weight is 434 g/mol. The van der Waals surface area contributed by atoms with Crippen LogP contribution in [-0.4, -0.2) is 44.5 Å². The van der Waals surface area contributed by atoms with Gasteiger partial charge in [-0.25, -0.2) is 0 Å². The van der Waals surface area contributed by atoms with Crippen LogP contribution in [0, 0.1) is 11.3 Å². The van der Waals surface area contributed by atoms with Gasteiger partial charge in [0.1, 0.15) is 6.33 Å². The van der Waals surface area contributed by atoms with Crippen LogP contribution in [-0.2, 0) is 6.54 Å². The van der Waals surface area contributed by atoms with Gasteiger partial charge in [0, 0.05) is 42.6 Å². The zero-order chi connectivity index (χ0) is 21.9. The SMILES string of the molecule is N#Cc1ccc(-c2cc3n(c2)Cc2cc(N4CC[C@H]5NCC[C@@H]54)ccc2-n2cnnc2-3)cc1. The quantitative estimate of drug-likeness (QED) is 0.461. The molecule has 2 aromatic heterocycles. The summed E-state index contributed by atoms with van der Waals surface area (Å²) < 4.78 is 4.37. The highest BCUT2D eigenvalue weighted by Crippen LogP contribution is 2.37. The Balaban J connectivity index is 1.31. The predicted molar refractivity (Wildman–Crippen MR) is 126 cm³/mol. The van der Waals surface area contributed by atoms with Crippen molar-refractivity contribution in [3.05, 3.63) is 72.2 Å². The Labute approximate surface area is 191 Å². The first-order valence-corrected chi connectivity index (χ1v) is 11.5. The largest absolute Gasteiger partial charge is 0.367 e. The number of hydrogen-bond acceptors (Lipinski definition) is 5. The minimum absolute atomic E-state index is 0.601. The number of aromatic nitrogens is 4. The Morgan fingerprint density at radius 2 is 1.94 bits per heavy atom. The summed E-state index contributed by atoms with van der Waals surface area (Å²) in [6, 6.07) is 20.2. The third kappa shape index (κ3) is 2.84. The molecule has 0 bridgehead atoms. The number of hydrogen-bond donors (Lipinski definition) is 1. The molecule has 1 N–H and O–H groups in total. The zero-order valence-electron chi connectivity index (χ0n) is 18.1. The summed E-state index contributed by atoms with van der Waals surface area (Å²) in [5, 5.41) is 21.5. The van der Waals surface area contributed by atoms with Crippen molar-refractivity contribution in [3.8, 4) is 34.4 Å². The third-order valence-electron chi connectivity index (χ3n) is 7.41. The standard InChI is InChI=1S/C26H23N7/c27-13-17-1-3-18(4-2-17)19-12-25-26-30-29-16-33(26)23-6-5-21(11-20(23)15-31(25)14-19)32-10-8-22-24(32)7-9-28-22/h1-6,11-12,14,16,22,24,28H,7-10,15H2/t22-,24+/m1/s1. The van der Waals surface area contributed by atoms with E-state index in [9.17, 15) is 0 Å². The van der Waals surface area contributed by atoms with Crippen molar-refractivity contribution in [1.82, 2.24) is 24.6 Å². The lowest BCUT2D eigenvalue weighted by Crippen LogP contribution is -2.34. The van der Waals surface area contributed by atoms with Crippen molar-refractivity contribution in [3.63, 3.8) is 0 Å². The summed E-state index contributed by atoms with van der Waals surface area (Å²) in [5.41, 5.74) is 7.64. The second-order valence-electron chi connectivity index (χ2n) is 9.17. The predicted octanol–water partition coefficient (Wildman–Crippen LogP) is 3.58. The number of nitrogens with one attached hydrogen (secondary N) is 1. The molecular weight excluding hydrogens is 410 g/mol. The molecule has 3 aliphatic rings. The molecule has 0 unspecified atom stereocenters. The summed E-state index contributed by atoms with van der Waals surface area (Å²) >= 11 is 0. The Kier molecular flexibility index (Phi) is 3.99. The summed E-state index contributed by atoms with van der Waals surface area (Å²) in [7, 11) is 0. The lowest BCUT2D eigenvalue weighted by molar-refractivity contribution is 0.601. The maximum atomic E-state index is 9.11. The van der Waals surface area contributed by atoms with Crippen LogP contribution in [0.15, 0.2) is 61.1 Å².